The van der Waals surface area contributed by atoms with E-state index in [0.29, 0.717) is 5.75 Å². The highest BCUT2D eigenvalue weighted by Crippen LogP contribution is 2.71. The fourth-order valence-corrected chi connectivity index (χ4v) is 8.36. The van der Waals surface area contributed by atoms with E-state index in [4.69, 9.17) is 19.5 Å². The van der Waals surface area contributed by atoms with Gasteiger partial charge in [-0.3, -0.25) is 4.79 Å². The Balaban J connectivity index is 1.61. The SMILES string of the molecule is COc1ccc(C(=O)O[C@]2(C(=O)OCC#N)[C@H](C)CC3C4C[C@H](F)C5=CC(=O)C=C[C@]5(C)[C@@]4(F)[C@@H](O)C[C@@]32C)cc1. The first kappa shape index (κ1) is 28.9. The van der Waals surface area contributed by atoms with Crippen LogP contribution >= 0.6 is 0 Å². The third-order valence-electron chi connectivity index (χ3n) is 10.3. The fourth-order valence-electron chi connectivity index (χ4n) is 8.36. The van der Waals surface area contributed by atoms with Crippen molar-refractivity contribution in [3.8, 4) is 11.8 Å². The Morgan fingerprint density at radius 2 is 1.85 bits per heavy atom. The maximum absolute atomic E-state index is 17.5. The van der Waals surface area contributed by atoms with Gasteiger partial charge in [0.25, 0.3) is 0 Å². The summed E-state index contributed by atoms with van der Waals surface area (Å²) in [6.07, 6.45) is -0.186. The van der Waals surface area contributed by atoms with Gasteiger partial charge in [0, 0.05) is 22.7 Å². The van der Waals surface area contributed by atoms with E-state index >= 15 is 8.78 Å². The van der Waals surface area contributed by atoms with Crippen LogP contribution in [0.2, 0.25) is 0 Å². The minimum Gasteiger partial charge on any atom is -0.497 e. The maximum Gasteiger partial charge on any atom is 0.352 e. The molecule has 3 fully saturated rings. The topological polar surface area (TPSA) is 123 Å². The molecule has 0 aliphatic heterocycles. The first-order chi connectivity index (χ1) is 19.3. The van der Waals surface area contributed by atoms with E-state index < -0.39 is 76.5 Å². The number of hydrogen-bond acceptors (Lipinski definition) is 8. The van der Waals surface area contributed by atoms with Gasteiger partial charge in [-0.05, 0) is 74.1 Å². The summed E-state index contributed by atoms with van der Waals surface area (Å²) < 4.78 is 49.8. The Labute approximate surface area is 236 Å². The number of benzene rings is 1. The number of nitrogens with zero attached hydrogens (tertiary/aromatic N) is 1. The predicted molar refractivity (Wildman–Crippen MR) is 141 cm³/mol. The maximum atomic E-state index is 17.5. The molecule has 218 valence electrons. The molecule has 0 aromatic heterocycles. The number of alkyl halides is 2. The molecule has 4 aliphatic carbocycles. The number of hydrogen-bond donors (Lipinski definition) is 1. The molecule has 5 rings (SSSR count). The Morgan fingerprint density at radius 1 is 1.17 bits per heavy atom. The molecule has 0 amide bonds. The van der Waals surface area contributed by atoms with Crippen LogP contribution in [0, 0.1) is 39.9 Å². The number of halogens is 2. The summed E-state index contributed by atoms with van der Waals surface area (Å²) in [4.78, 5) is 39.4. The molecule has 0 radical (unpaired) electrons. The van der Waals surface area contributed by atoms with Gasteiger partial charge in [-0.1, -0.05) is 19.9 Å². The molecule has 0 spiro atoms. The number of carbonyl (C=O) groups is 3. The lowest BCUT2D eigenvalue weighted by Gasteiger charge is -2.63. The first-order valence-electron chi connectivity index (χ1n) is 13.7. The molecule has 0 bridgehead atoms. The van der Waals surface area contributed by atoms with E-state index in [1.54, 1.807) is 32.0 Å². The van der Waals surface area contributed by atoms with Gasteiger partial charge in [0.1, 0.15) is 18.0 Å². The van der Waals surface area contributed by atoms with Crippen molar-refractivity contribution in [2.24, 2.45) is 28.6 Å². The van der Waals surface area contributed by atoms with Crippen LogP contribution in [-0.2, 0) is 19.1 Å². The Kier molecular flexibility index (Phi) is 6.89. The summed E-state index contributed by atoms with van der Waals surface area (Å²) in [6, 6.07) is 7.79. The second-order valence-corrected chi connectivity index (χ2v) is 12.1. The Morgan fingerprint density at radius 3 is 2.49 bits per heavy atom. The van der Waals surface area contributed by atoms with Crippen LogP contribution in [0.25, 0.3) is 0 Å². The number of allylic oxidation sites excluding steroid dienone is 4. The van der Waals surface area contributed by atoms with Crippen molar-refractivity contribution in [1.29, 1.82) is 5.26 Å². The summed E-state index contributed by atoms with van der Waals surface area (Å²) in [5, 5.41) is 20.7. The van der Waals surface area contributed by atoms with E-state index in [2.05, 4.69) is 0 Å². The molecular formula is C31H33F2NO7. The molecule has 1 N–H and O–H groups in total. The standard InChI is InChI=1S/C31H33F2NO7/c1-17-13-21-22-15-24(32)23-14-19(35)9-10-28(23,2)30(22,33)25(36)16-29(21,3)31(17,27(38)40-12-11-34)41-26(37)18-5-7-20(39-4)8-6-18/h5-10,14,17,21-22,24-25,36H,12-13,15-16H2,1-4H3/t17-,21?,22?,24+,25+,28+,29+,30+,31+/m1/s1. The zero-order valence-electron chi connectivity index (χ0n) is 23.4. The smallest absolute Gasteiger partial charge is 0.352 e. The largest absolute Gasteiger partial charge is 0.497 e. The van der Waals surface area contributed by atoms with Gasteiger partial charge in [-0.25, -0.2) is 18.4 Å². The molecule has 1 aromatic rings. The molecule has 3 saturated carbocycles. The molecule has 4 aliphatic rings. The highest BCUT2D eigenvalue weighted by atomic mass is 19.1. The number of fused-ring (bicyclic) bond motifs is 5. The van der Waals surface area contributed by atoms with Crippen LogP contribution in [0.1, 0.15) is 50.4 Å². The van der Waals surface area contributed by atoms with Crippen molar-refractivity contribution in [2.45, 2.75) is 63.6 Å². The van der Waals surface area contributed by atoms with E-state index in [0.717, 1.165) is 6.08 Å². The van der Waals surface area contributed by atoms with Gasteiger partial charge in [0.05, 0.1) is 18.8 Å². The number of ketones is 1. The van der Waals surface area contributed by atoms with Crippen LogP contribution < -0.4 is 4.74 Å². The van der Waals surface area contributed by atoms with Crippen molar-refractivity contribution in [3.63, 3.8) is 0 Å². The lowest BCUT2D eigenvalue weighted by atomic mass is 9.44. The fraction of sp³-hybridized carbons (Fsp3) is 0.548. The van der Waals surface area contributed by atoms with Crippen LogP contribution in [0.15, 0.2) is 48.1 Å². The predicted octanol–water partition coefficient (Wildman–Crippen LogP) is 4.22. The van der Waals surface area contributed by atoms with Gasteiger partial charge in [0.15, 0.2) is 18.1 Å². The number of nitriles is 1. The highest BCUT2D eigenvalue weighted by molar-refractivity contribution is 6.01. The zero-order valence-corrected chi connectivity index (χ0v) is 23.4. The number of aliphatic hydroxyl groups excluding tert-OH is 1. The number of methoxy groups -OCH3 is 1. The monoisotopic (exact) mass is 569 g/mol. The molecule has 10 heteroatoms. The number of rotatable bonds is 5. The lowest BCUT2D eigenvalue weighted by Crippen LogP contribution is -2.71. The highest BCUT2D eigenvalue weighted by Gasteiger charge is 2.78. The minimum atomic E-state index is -2.37. The zero-order chi connectivity index (χ0) is 30.0. The van der Waals surface area contributed by atoms with Gasteiger partial charge >= 0.3 is 11.9 Å². The second kappa shape index (κ2) is 9.76. The average molecular weight is 570 g/mol. The minimum absolute atomic E-state index is 0.0110. The summed E-state index contributed by atoms with van der Waals surface area (Å²) in [5.41, 5.74) is -7.24. The quantitative estimate of drug-likeness (QED) is 0.523. The van der Waals surface area contributed by atoms with Crippen molar-refractivity contribution < 1.29 is 42.5 Å². The molecule has 41 heavy (non-hydrogen) atoms. The Hall–Kier alpha value is -3.58. The van der Waals surface area contributed by atoms with Gasteiger partial charge < -0.3 is 19.3 Å². The summed E-state index contributed by atoms with van der Waals surface area (Å²) in [7, 11) is 1.47. The molecule has 0 saturated heterocycles. The van der Waals surface area contributed by atoms with Crippen molar-refractivity contribution in [3.05, 3.63) is 53.6 Å². The molecule has 9 atom stereocenters. The second-order valence-electron chi connectivity index (χ2n) is 12.1. The average Bonchev–Trinajstić information content (AvgIpc) is 3.16. The summed E-state index contributed by atoms with van der Waals surface area (Å²) >= 11 is 0. The third kappa shape index (κ3) is 3.81. The Bertz CT molecular complexity index is 1390. The number of ether oxygens (including phenoxy) is 3. The number of aliphatic hydroxyl groups is 1. The summed E-state index contributed by atoms with van der Waals surface area (Å²) in [6.45, 7) is 4.19. The molecular weight excluding hydrogens is 536 g/mol. The van der Waals surface area contributed by atoms with Crippen LogP contribution in [0.5, 0.6) is 5.75 Å². The van der Waals surface area contributed by atoms with Gasteiger partial charge in [0.2, 0.25) is 5.60 Å². The van der Waals surface area contributed by atoms with Crippen molar-refractivity contribution in [2.75, 3.05) is 13.7 Å². The summed E-state index contributed by atoms with van der Waals surface area (Å²) in [5.74, 6) is -4.30. The van der Waals surface area contributed by atoms with E-state index in [1.165, 1.54) is 38.3 Å². The van der Waals surface area contributed by atoms with E-state index in [9.17, 15) is 19.5 Å². The van der Waals surface area contributed by atoms with E-state index in [-0.39, 0.29) is 30.4 Å². The molecule has 8 nitrogen and oxygen atoms in total. The molecule has 1 aromatic carbocycles. The lowest BCUT2D eigenvalue weighted by molar-refractivity contribution is -0.230. The van der Waals surface area contributed by atoms with Crippen LogP contribution in [0.3, 0.4) is 0 Å². The van der Waals surface area contributed by atoms with Crippen LogP contribution in [0.4, 0.5) is 8.78 Å². The third-order valence-corrected chi connectivity index (χ3v) is 10.3. The van der Waals surface area contributed by atoms with Crippen LogP contribution in [-0.4, -0.2) is 60.1 Å². The molecule has 0 heterocycles. The van der Waals surface area contributed by atoms with Crippen molar-refractivity contribution >= 4 is 17.7 Å². The van der Waals surface area contributed by atoms with Gasteiger partial charge in [-0.2, -0.15) is 5.26 Å². The molecule has 2 unspecified atom stereocenters. The number of carbonyl (C=O) groups excluding carboxylic acids is 3. The normalized spacial score (nSPS) is 40.8. The van der Waals surface area contributed by atoms with E-state index in [1.807, 2.05) is 0 Å². The van der Waals surface area contributed by atoms with Gasteiger partial charge in [-0.15, -0.1) is 0 Å². The first-order valence-corrected chi connectivity index (χ1v) is 13.7. The van der Waals surface area contributed by atoms with Crippen molar-refractivity contribution in [1.82, 2.24) is 0 Å². The number of esters is 2.